The van der Waals surface area contributed by atoms with E-state index in [4.69, 9.17) is 15.2 Å². The maximum atomic E-state index is 15.1. The SMILES string of the molecule is CC(C)COc1cccc(-c2cc3c(cc2F)[C@H](OC(N)=O)C(C)(C)CC3)c1. The van der Waals surface area contributed by atoms with E-state index >= 15 is 4.39 Å². The van der Waals surface area contributed by atoms with E-state index in [1.165, 1.54) is 6.07 Å². The zero-order chi connectivity index (χ0) is 20.5. The number of aryl methyl sites for hydroxylation is 1. The van der Waals surface area contributed by atoms with Crippen LogP contribution in [0.2, 0.25) is 0 Å². The average molecular weight is 385 g/mol. The van der Waals surface area contributed by atoms with E-state index in [9.17, 15) is 4.79 Å². The predicted molar refractivity (Wildman–Crippen MR) is 108 cm³/mol. The Bertz CT molecular complexity index is 876. The van der Waals surface area contributed by atoms with Crippen LogP contribution < -0.4 is 10.5 Å². The van der Waals surface area contributed by atoms with Crippen LogP contribution in [0.5, 0.6) is 5.75 Å². The van der Waals surface area contributed by atoms with Crippen molar-refractivity contribution in [1.29, 1.82) is 0 Å². The van der Waals surface area contributed by atoms with E-state index in [1.807, 2.05) is 44.2 Å². The summed E-state index contributed by atoms with van der Waals surface area (Å²) in [6, 6.07) is 10.8. The van der Waals surface area contributed by atoms with Gasteiger partial charge < -0.3 is 15.2 Å². The van der Waals surface area contributed by atoms with Gasteiger partial charge in [-0.1, -0.05) is 39.8 Å². The van der Waals surface area contributed by atoms with Crippen LogP contribution in [0.25, 0.3) is 11.1 Å². The molecule has 0 bridgehead atoms. The summed E-state index contributed by atoms with van der Waals surface area (Å²) in [5.74, 6) is 0.782. The molecular weight excluding hydrogens is 357 g/mol. The summed E-state index contributed by atoms with van der Waals surface area (Å²) in [5, 5.41) is 0. The first-order valence-electron chi connectivity index (χ1n) is 9.69. The first kappa shape index (κ1) is 20.2. The number of primary amides is 1. The number of carbonyl (C=O) groups excluding carboxylic acids is 1. The second-order valence-electron chi connectivity index (χ2n) is 8.57. The third-order valence-corrected chi connectivity index (χ3v) is 5.22. The molecule has 5 heteroatoms. The summed E-state index contributed by atoms with van der Waals surface area (Å²) >= 11 is 0. The molecule has 0 heterocycles. The molecule has 0 saturated carbocycles. The van der Waals surface area contributed by atoms with Gasteiger partial charge in [-0.15, -0.1) is 0 Å². The van der Waals surface area contributed by atoms with Gasteiger partial charge in [0.1, 0.15) is 17.7 Å². The van der Waals surface area contributed by atoms with E-state index < -0.39 is 12.2 Å². The molecule has 4 nitrogen and oxygen atoms in total. The van der Waals surface area contributed by atoms with E-state index in [1.54, 1.807) is 0 Å². The van der Waals surface area contributed by atoms with Gasteiger partial charge in [0.2, 0.25) is 0 Å². The quantitative estimate of drug-likeness (QED) is 0.725. The Hall–Kier alpha value is -2.56. The van der Waals surface area contributed by atoms with Gasteiger partial charge in [-0.2, -0.15) is 0 Å². The van der Waals surface area contributed by atoms with Gasteiger partial charge in [0, 0.05) is 11.0 Å². The van der Waals surface area contributed by atoms with Gasteiger partial charge in [-0.3, -0.25) is 0 Å². The Balaban J connectivity index is 1.98. The lowest BCUT2D eigenvalue weighted by Gasteiger charge is -2.39. The topological polar surface area (TPSA) is 61.6 Å². The highest BCUT2D eigenvalue weighted by atomic mass is 19.1. The van der Waals surface area contributed by atoms with Crippen LogP contribution in [0.3, 0.4) is 0 Å². The molecule has 0 unspecified atom stereocenters. The van der Waals surface area contributed by atoms with Crippen molar-refractivity contribution in [2.75, 3.05) is 6.61 Å². The van der Waals surface area contributed by atoms with Crippen LogP contribution in [0.4, 0.5) is 9.18 Å². The van der Waals surface area contributed by atoms with E-state index in [2.05, 4.69) is 13.8 Å². The summed E-state index contributed by atoms with van der Waals surface area (Å²) in [4.78, 5) is 11.4. The van der Waals surface area contributed by atoms with Gasteiger partial charge in [0.05, 0.1) is 6.61 Å². The third-order valence-electron chi connectivity index (χ3n) is 5.22. The molecule has 28 heavy (non-hydrogen) atoms. The number of carbonyl (C=O) groups is 1. The molecule has 3 rings (SSSR count). The summed E-state index contributed by atoms with van der Waals surface area (Å²) < 4.78 is 26.2. The molecule has 2 N–H and O–H groups in total. The Morgan fingerprint density at radius 3 is 2.71 bits per heavy atom. The fourth-order valence-electron chi connectivity index (χ4n) is 3.68. The van der Waals surface area contributed by atoms with E-state index in [-0.39, 0.29) is 11.2 Å². The molecule has 1 aliphatic rings. The third kappa shape index (κ3) is 4.29. The number of hydrogen-bond acceptors (Lipinski definition) is 3. The summed E-state index contributed by atoms with van der Waals surface area (Å²) in [6.45, 7) is 8.78. The number of benzene rings is 2. The van der Waals surface area contributed by atoms with Crippen LogP contribution in [0.1, 0.15) is 51.3 Å². The highest BCUT2D eigenvalue weighted by Gasteiger charge is 2.39. The number of ether oxygens (including phenoxy) is 2. The first-order valence-corrected chi connectivity index (χ1v) is 9.69. The highest BCUT2D eigenvalue weighted by Crippen LogP contribution is 2.47. The molecule has 0 aliphatic heterocycles. The maximum absolute atomic E-state index is 15.1. The first-order chi connectivity index (χ1) is 13.2. The molecule has 0 radical (unpaired) electrons. The van der Waals surface area contributed by atoms with Crippen molar-refractivity contribution in [2.45, 2.75) is 46.6 Å². The Kier molecular flexibility index (Phi) is 5.64. The fourth-order valence-corrected chi connectivity index (χ4v) is 3.68. The molecule has 2 aromatic carbocycles. The number of rotatable bonds is 5. The number of nitrogens with two attached hydrogens (primary N) is 1. The number of halogens is 1. The monoisotopic (exact) mass is 385 g/mol. The van der Waals surface area contributed by atoms with Crippen LogP contribution in [0.15, 0.2) is 36.4 Å². The van der Waals surface area contributed by atoms with Crippen molar-refractivity contribution in [3.8, 4) is 16.9 Å². The largest absolute Gasteiger partial charge is 0.493 e. The van der Waals surface area contributed by atoms with E-state index in [0.717, 1.165) is 29.7 Å². The van der Waals surface area contributed by atoms with Gasteiger partial charge in [-0.05, 0) is 59.7 Å². The van der Waals surface area contributed by atoms with Crippen molar-refractivity contribution in [2.24, 2.45) is 17.1 Å². The van der Waals surface area contributed by atoms with Crippen molar-refractivity contribution in [3.63, 3.8) is 0 Å². The summed E-state index contributed by atoms with van der Waals surface area (Å²) in [5.41, 5.74) is 7.92. The molecule has 1 aliphatic carbocycles. The standard InChI is InChI=1S/C23H28FNO3/c1-14(2)13-27-17-7-5-6-15(10-17)18-11-16-8-9-23(3,4)21(28-22(25)26)19(16)12-20(18)24/h5-7,10-12,14,21H,8-9,13H2,1-4H3,(H2,25,26)/t21-/m0/s1. The van der Waals surface area contributed by atoms with Crippen molar-refractivity contribution >= 4 is 6.09 Å². The molecular formula is C23H28FNO3. The number of amides is 1. The molecule has 2 aromatic rings. The second-order valence-corrected chi connectivity index (χ2v) is 8.57. The molecule has 0 aromatic heterocycles. The maximum Gasteiger partial charge on any atom is 0.405 e. The molecule has 0 fully saturated rings. The Morgan fingerprint density at radius 1 is 1.29 bits per heavy atom. The zero-order valence-electron chi connectivity index (χ0n) is 16.9. The number of hydrogen-bond donors (Lipinski definition) is 1. The predicted octanol–water partition coefficient (Wildman–Crippen LogP) is 5.64. The van der Waals surface area contributed by atoms with Crippen LogP contribution in [0, 0.1) is 17.2 Å². The molecule has 0 saturated heterocycles. The minimum Gasteiger partial charge on any atom is -0.493 e. The Morgan fingerprint density at radius 2 is 2.04 bits per heavy atom. The number of fused-ring (bicyclic) bond motifs is 1. The van der Waals surface area contributed by atoms with Gasteiger partial charge in [-0.25, -0.2) is 9.18 Å². The molecule has 1 amide bonds. The molecule has 0 spiro atoms. The highest BCUT2D eigenvalue weighted by molar-refractivity contribution is 5.68. The second kappa shape index (κ2) is 7.82. The van der Waals surface area contributed by atoms with Crippen LogP contribution in [-0.4, -0.2) is 12.7 Å². The Labute approximate surface area is 165 Å². The van der Waals surface area contributed by atoms with Crippen molar-refractivity contribution in [1.82, 2.24) is 0 Å². The van der Waals surface area contributed by atoms with Gasteiger partial charge in [0.15, 0.2) is 0 Å². The van der Waals surface area contributed by atoms with Gasteiger partial charge in [0.25, 0.3) is 0 Å². The summed E-state index contributed by atoms with van der Waals surface area (Å²) in [6.07, 6.45) is 0.210. The van der Waals surface area contributed by atoms with Crippen LogP contribution in [-0.2, 0) is 11.2 Å². The fraction of sp³-hybridized carbons (Fsp3) is 0.435. The molecule has 1 atom stereocenters. The smallest absolute Gasteiger partial charge is 0.405 e. The van der Waals surface area contributed by atoms with Crippen molar-refractivity contribution < 1.29 is 18.7 Å². The molecule has 150 valence electrons. The normalized spacial score (nSPS) is 17.9. The minimum absolute atomic E-state index is 0.305. The average Bonchev–Trinajstić information content (AvgIpc) is 2.62. The minimum atomic E-state index is -0.842. The van der Waals surface area contributed by atoms with Crippen molar-refractivity contribution in [3.05, 3.63) is 53.3 Å². The summed E-state index contributed by atoms with van der Waals surface area (Å²) in [7, 11) is 0. The lowest BCUT2D eigenvalue weighted by Crippen LogP contribution is -2.33. The van der Waals surface area contributed by atoms with Crippen LogP contribution >= 0.6 is 0 Å². The van der Waals surface area contributed by atoms with E-state index in [0.29, 0.717) is 23.7 Å². The van der Waals surface area contributed by atoms with Gasteiger partial charge >= 0.3 is 6.09 Å². The zero-order valence-corrected chi connectivity index (χ0v) is 16.9. The lowest BCUT2D eigenvalue weighted by atomic mass is 9.71. The lowest BCUT2D eigenvalue weighted by molar-refractivity contribution is 0.0145.